The van der Waals surface area contributed by atoms with Gasteiger partial charge in [-0.2, -0.15) is 5.11 Å². The molecular weight excluding hydrogens is 321 g/mol. The maximum atomic E-state index is 13.6. The number of benzene rings is 1. The van der Waals surface area contributed by atoms with Crippen molar-refractivity contribution in [1.82, 2.24) is 4.90 Å². The number of nitrogens with zero attached hydrogens (tertiary/aromatic N) is 3. The van der Waals surface area contributed by atoms with Crippen LogP contribution in [0.25, 0.3) is 0 Å². The highest BCUT2D eigenvalue weighted by molar-refractivity contribution is 9.10. The molecule has 1 aromatic rings. The first kappa shape index (κ1) is 15.1. The highest BCUT2D eigenvalue weighted by Crippen LogP contribution is 2.27. The molecule has 20 heavy (non-hydrogen) atoms. The monoisotopic (exact) mass is 337 g/mol. The highest BCUT2D eigenvalue weighted by atomic mass is 79.9. The molecular formula is C15H17BrFN3. The lowest BCUT2D eigenvalue weighted by Gasteiger charge is -2.34. The molecule has 0 aliphatic heterocycles. The van der Waals surface area contributed by atoms with Gasteiger partial charge in [-0.1, -0.05) is 28.1 Å². The van der Waals surface area contributed by atoms with Crippen LogP contribution in [0.3, 0.4) is 0 Å². The largest absolute Gasteiger partial charge is 0.300 e. The van der Waals surface area contributed by atoms with E-state index in [1.54, 1.807) is 12.1 Å². The molecule has 0 N–H and O–H groups in total. The normalized spacial score (nSPS) is 22.6. The molecule has 2 rings (SSSR count). The number of azo groups is 1. The molecule has 3 nitrogen and oxygen atoms in total. The van der Waals surface area contributed by atoms with Gasteiger partial charge in [0.05, 0.1) is 5.70 Å². The molecule has 106 valence electrons. The molecule has 1 aliphatic carbocycles. The van der Waals surface area contributed by atoms with Crippen molar-refractivity contribution in [3.63, 3.8) is 0 Å². The smallest absolute Gasteiger partial charge is 0.151 e. The summed E-state index contributed by atoms with van der Waals surface area (Å²) in [5, 5.41) is 8.05. The number of rotatable bonds is 3. The molecule has 0 saturated heterocycles. The number of hydrogen-bond donors (Lipinski definition) is 0. The van der Waals surface area contributed by atoms with E-state index in [2.05, 4.69) is 44.1 Å². The molecule has 0 saturated carbocycles. The van der Waals surface area contributed by atoms with Crippen molar-refractivity contribution >= 4 is 21.6 Å². The van der Waals surface area contributed by atoms with Crippen molar-refractivity contribution in [2.75, 3.05) is 14.1 Å². The molecule has 5 heteroatoms. The Morgan fingerprint density at radius 3 is 2.60 bits per heavy atom. The van der Waals surface area contributed by atoms with Crippen LogP contribution in [0.5, 0.6) is 0 Å². The molecule has 1 aliphatic rings. The van der Waals surface area contributed by atoms with Crippen LogP contribution in [0.1, 0.15) is 13.3 Å². The predicted octanol–water partition coefficient (Wildman–Crippen LogP) is 4.84. The third-order valence-corrected chi connectivity index (χ3v) is 4.04. The van der Waals surface area contributed by atoms with Crippen LogP contribution in [0.2, 0.25) is 0 Å². The van der Waals surface area contributed by atoms with E-state index in [1.807, 2.05) is 26.2 Å². The summed E-state index contributed by atoms with van der Waals surface area (Å²) in [6.07, 6.45) is 6.89. The van der Waals surface area contributed by atoms with E-state index in [-0.39, 0.29) is 17.0 Å². The van der Waals surface area contributed by atoms with Crippen LogP contribution in [0.15, 0.2) is 56.8 Å². The van der Waals surface area contributed by atoms with Gasteiger partial charge in [0.25, 0.3) is 0 Å². The summed E-state index contributed by atoms with van der Waals surface area (Å²) in [6, 6.07) is 4.72. The zero-order valence-corrected chi connectivity index (χ0v) is 13.4. The van der Waals surface area contributed by atoms with Crippen LogP contribution in [-0.2, 0) is 0 Å². The Labute approximate surface area is 127 Å². The average molecular weight is 338 g/mol. The zero-order valence-electron chi connectivity index (χ0n) is 11.8. The van der Waals surface area contributed by atoms with Gasteiger partial charge in [0, 0.05) is 10.0 Å². The molecule has 0 radical (unpaired) electrons. The summed E-state index contributed by atoms with van der Waals surface area (Å²) in [5.74, 6) is -0.387. The molecule has 0 spiro atoms. The van der Waals surface area contributed by atoms with Gasteiger partial charge in [-0.25, -0.2) is 4.39 Å². The Bertz CT molecular complexity index is 593. The maximum absolute atomic E-state index is 13.6. The second-order valence-corrected chi connectivity index (χ2v) is 6.13. The maximum Gasteiger partial charge on any atom is 0.151 e. The van der Waals surface area contributed by atoms with E-state index in [0.29, 0.717) is 4.47 Å². The molecule has 0 aromatic heterocycles. The first-order chi connectivity index (χ1) is 9.40. The number of halogens is 2. The Morgan fingerprint density at radius 2 is 2.05 bits per heavy atom. The molecule has 0 fully saturated rings. The summed E-state index contributed by atoms with van der Waals surface area (Å²) in [4.78, 5) is 2.16. The van der Waals surface area contributed by atoms with Crippen molar-refractivity contribution in [1.29, 1.82) is 0 Å². The first-order valence-corrected chi connectivity index (χ1v) is 7.14. The summed E-state index contributed by atoms with van der Waals surface area (Å²) in [6.45, 7) is 2.16. The van der Waals surface area contributed by atoms with Crippen molar-refractivity contribution in [2.24, 2.45) is 10.2 Å². The van der Waals surface area contributed by atoms with E-state index >= 15 is 0 Å². The first-order valence-electron chi connectivity index (χ1n) is 6.34. The van der Waals surface area contributed by atoms with Gasteiger partial charge < -0.3 is 4.90 Å². The zero-order chi connectivity index (χ0) is 14.8. The third-order valence-electron chi connectivity index (χ3n) is 3.54. The standard InChI is InChI=1S/C15H17BrFN3/c1-15(20(2)3)8-6-12(7-9-15)18-19-14-5-4-11(16)10-13(14)17/h4-8,10H,9H2,1-3H3/b19-18+. The average Bonchev–Trinajstić information content (AvgIpc) is 2.39. The van der Waals surface area contributed by atoms with Crippen LogP contribution >= 0.6 is 15.9 Å². The van der Waals surface area contributed by atoms with Crippen LogP contribution in [0, 0.1) is 5.82 Å². The minimum absolute atomic E-state index is 0.00187. The van der Waals surface area contributed by atoms with Crippen molar-refractivity contribution in [2.45, 2.75) is 18.9 Å². The lowest BCUT2D eigenvalue weighted by Crippen LogP contribution is -2.39. The van der Waals surface area contributed by atoms with E-state index in [4.69, 9.17) is 0 Å². The number of likely N-dealkylation sites (N-methyl/N-ethyl adjacent to an activating group) is 1. The van der Waals surface area contributed by atoms with Gasteiger partial charge in [0.1, 0.15) is 5.69 Å². The van der Waals surface area contributed by atoms with Gasteiger partial charge in [-0.3, -0.25) is 0 Å². The minimum Gasteiger partial charge on any atom is -0.300 e. The van der Waals surface area contributed by atoms with Gasteiger partial charge in [0.15, 0.2) is 5.82 Å². The fourth-order valence-corrected chi connectivity index (χ4v) is 2.13. The van der Waals surface area contributed by atoms with Gasteiger partial charge in [-0.15, -0.1) is 5.11 Å². The Balaban J connectivity index is 2.11. The van der Waals surface area contributed by atoms with Crippen molar-refractivity contribution in [3.05, 3.63) is 52.4 Å². The molecule has 1 aromatic carbocycles. The molecule has 0 heterocycles. The molecule has 1 atom stereocenters. The van der Waals surface area contributed by atoms with E-state index in [9.17, 15) is 4.39 Å². The Hall–Kier alpha value is -1.33. The van der Waals surface area contributed by atoms with Crippen LogP contribution < -0.4 is 0 Å². The Morgan fingerprint density at radius 1 is 1.30 bits per heavy atom. The van der Waals surface area contributed by atoms with Crippen molar-refractivity contribution < 1.29 is 4.39 Å². The lowest BCUT2D eigenvalue weighted by molar-refractivity contribution is 0.230. The number of allylic oxidation sites excluding steroid dienone is 1. The summed E-state index contributed by atoms with van der Waals surface area (Å²) in [7, 11) is 4.09. The molecule has 0 bridgehead atoms. The summed E-state index contributed by atoms with van der Waals surface area (Å²) >= 11 is 3.21. The summed E-state index contributed by atoms with van der Waals surface area (Å²) in [5.41, 5.74) is 0.997. The molecule has 0 amide bonds. The fraction of sp³-hybridized carbons (Fsp3) is 0.333. The number of hydrogen-bond acceptors (Lipinski definition) is 3. The van der Waals surface area contributed by atoms with Gasteiger partial charge >= 0.3 is 0 Å². The van der Waals surface area contributed by atoms with E-state index in [1.165, 1.54) is 6.07 Å². The molecule has 1 unspecified atom stereocenters. The van der Waals surface area contributed by atoms with Gasteiger partial charge in [-0.05, 0) is 51.7 Å². The predicted molar refractivity (Wildman–Crippen MR) is 82.5 cm³/mol. The topological polar surface area (TPSA) is 28.0 Å². The van der Waals surface area contributed by atoms with Crippen molar-refractivity contribution in [3.8, 4) is 0 Å². The van der Waals surface area contributed by atoms with Gasteiger partial charge in [0.2, 0.25) is 0 Å². The fourth-order valence-electron chi connectivity index (χ4n) is 1.79. The van der Waals surface area contributed by atoms with Crippen LogP contribution in [-0.4, -0.2) is 24.5 Å². The summed E-state index contributed by atoms with van der Waals surface area (Å²) < 4.78 is 14.3. The van der Waals surface area contributed by atoms with E-state index in [0.717, 1.165) is 12.1 Å². The van der Waals surface area contributed by atoms with Crippen LogP contribution in [0.4, 0.5) is 10.1 Å². The second kappa shape index (κ2) is 5.97. The highest BCUT2D eigenvalue weighted by Gasteiger charge is 2.24. The SMILES string of the molecule is CN(C)C1(C)C=CC(/N=N/c2ccc(Br)cc2F)=CC1. The van der Waals surface area contributed by atoms with E-state index < -0.39 is 0 Å². The Kier molecular flexibility index (Phi) is 4.50. The third kappa shape index (κ3) is 3.41. The minimum atomic E-state index is -0.387. The second-order valence-electron chi connectivity index (χ2n) is 5.21. The lowest BCUT2D eigenvalue weighted by atomic mass is 9.91. The quantitative estimate of drug-likeness (QED) is 0.725.